The molecule has 4 fully saturated rings. The van der Waals surface area contributed by atoms with Crippen LogP contribution in [0.3, 0.4) is 0 Å². The van der Waals surface area contributed by atoms with Gasteiger partial charge in [0.25, 0.3) is 0 Å². The maximum absolute atomic E-state index is 6.19. The lowest BCUT2D eigenvalue weighted by atomic mass is 10.1. The molecule has 3 heterocycles. The SMILES string of the molecule is C1CC1NCC1CCC(CN2CC3CCC(C2)O3)O1. The van der Waals surface area contributed by atoms with Crippen LogP contribution in [0, 0.1) is 0 Å². The molecule has 1 aliphatic carbocycles. The second-order valence-corrected chi connectivity index (χ2v) is 6.82. The van der Waals surface area contributed by atoms with Gasteiger partial charge in [-0.2, -0.15) is 0 Å². The van der Waals surface area contributed by atoms with E-state index in [4.69, 9.17) is 9.47 Å². The lowest BCUT2D eigenvalue weighted by Crippen LogP contribution is -2.45. The van der Waals surface area contributed by atoms with Gasteiger partial charge in [-0.25, -0.2) is 0 Å². The molecule has 0 radical (unpaired) electrons. The molecule has 4 nitrogen and oxygen atoms in total. The number of likely N-dealkylation sites (tertiary alicyclic amines) is 1. The molecule has 3 saturated heterocycles. The van der Waals surface area contributed by atoms with Crippen molar-refractivity contribution in [2.24, 2.45) is 0 Å². The summed E-state index contributed by atoms with van der Waals surface area (Å²) in [5.74, 6) is 0. The maximum atomic E-state index is 6.19. The first-order chi connectivity index (χ1) is 9.35. The van der Waals surface area contributed by atoms with Gasteiger partial charge >= 0.3 is 0 Å². The van der Waals surface area contributed by atoms with E-state index in [0.717, 1.165) is 32.2 Å². The van der Waals surface area contributed by atoms with E-state index in [9.17, 15) is 0 Å². The molecule has 4 atom stereocenters. The summed E-state index contributed by atoms with van der Waals surface area (Å²) in [6, 6.07) is 0.803. The lowest BCUT2D eigenvalue weighted by molar-refractivity contribution is -0.0572. The number of nitrogens with one attached hydrogen (secondary N) is 1. The van der Waals surface area contributed by atoms with Crippen molar-refractivity contribution in [3.05, 3.63) is 0 Å². The van der Waals surface area contributed by atoms with E-state index < -0.39 is 0 Å². The zero-order chi connectivity index (χ0) is 12.7. The Hall–Kier alpha value is -0.160. The van der Waals surface area contributed by atoms with Crippen molar-refractivity contribution in [3.63, 3.8) is 0 Å². The monoisotopic (exact) mass is 266 g/mol. The predicted octanol–water partition coefficient (Wildman–Crippen LogP) is 1.15. The van der Waals surface area contributed by atoms with Gasteiger partial charge in [0.15, 0.2) is 0 Å². The molecule has 3 aliphatic heterocycles. The van der Waals surface area contributed by atoms with E-state index in [0.29, 0.717) is 24.4 Å². The smallest absolute Gasteiger partial charge is 0.0707 e. The van der Waals surface area contributed by atoms with Crippen molar-refractivity contribution < 1.29 is 9.47 Å². The Morgan fingerprint density at radius 1 is 0.842 bits per heavy atom. The molecule has 0 amide bonds. The molecule has 4 unspecified atom stereocenters. The van der Waals surface area contributed by atoms with Crippen molar-refractivity contribution in [3.8, 4) is 0 Å². The Morgan fingerprint density at radius 3 is 2.32 bits per heavy atom. The molecule has 1 N–H and O–H groups in total. The predicted molar refractivity (Wildman–Crippen MR) is 73.3 cm³/mol. The largest absolute Gasteiger partial charge is 0.372 e. The standard InChI is InChI=1S/C15H26N2O2/c1-2-11(1)16-7-12-3-4-13(18-12)8-17-9-14-5-6-15(10-17)19-14/h11-16H,1-10H2. The molecule has 0 aromatic carbocycles. The van der Waals surface area contributed by atoms with Crippen molar-refractivity contribution in [1.82, 2.24) is 10.2 Å². The number of hydrogen-bond acceptors (Lipinski definition) is 4. The number of ether oxygens (including phenoxy) is 2. The quantitative estimate of drug-likeness (QED) is 0.809. The highest BCUT2D eigenvalue weighted by Gasteiger charge is 2.36. The summed E-state index contributed by atoms with van der Waals surface area (Å²) in [5, 5.41) is 3.59. The molecule has 19 heavy (non-hydrogen) atoms. The third-order valence-electron chi connectivity index (χ3n) is 4.99. The van der Waals surface area contributed by atoms with Crippen LogP contribution in [0.1, 0.15) is 38.5 Å². The Balaban J connectivity index is 1.20. The van der Waals surface area contributed by atoms with Crippen LogP contribution in [-0.4, -0.2) is 61.5 Å². The van der Waals surface area contributed by atoms with Gasteiger partial charge in [0, 0.05) is 32.2 Å². The minimum absolute atomic E-state index is 0.461. The second-order valence-electron chi connectivity index (χ2n) is 6.82. The van der Waals surface area contributed by atoms with Crippen molar-refractivity contribution in [2.75, 3.05) is 26.2 Å². The first-order valence-electron chi connectivity index (χ1n) is 8.12. The van der Waals surface area contributed by atoms with E-state index in [1.807, 2.05) is 0 Å². The third kappa shape index (κ3) is 3.13. The molecule has 4 heteroatoms. The molecule has 0 aromatic rings. The minimum atomic E-state index is 0.461. The van der Waals surface area contributed by atoms with Gasteiger partial charge in [0.2, 0.25) is 0 Å². The molecular weight excluding hydrogens is 240 g/mol. The first kappa shape index (κ1) is 12.6. The molecule has 108 valence electrons. The van der Waals surface area contributed by atoms with Crippen LogP contribution in [0.4, 0.5) is 0 Å². The Bertz CT molecular complexity index is 309. The first-order valence-corrected chi connectivity index (χ1v) is 8.12. The van der Waals surface area contributed by atoms with Gasteiger partial charge in [-0.05, 0) is 38.5 Å². The Morgan fingerprint density at radius 2 is 1.58 bits per heavy atom. The highest BCUT2D eigenvalue weighted by Crippen LogP contribution is 2.28. The van der Waals surface area contributed by atoms with Gasteiger partial charge < -0.3 is 14.8 Å². The molecule has 4 rings (SSSR count). The average molecular weight is 266 g/mol. The van der Waals surface area contributed by atoms with Crippen LogP contribution in [0.5, 0.6) is 0 Å². The van der Waals surface area contributed by atoms with E-state index in [1.165, 1.54) is 38.5 Å². The van der Waals surface area contributed by atoms with E-state index in [-0.39, 0.29) is 0 Å². The molecule has 0 aromatic heterocycles. The van der Waals surface area contributed by atoms with Crippen LogP contribution >= 0.6 is 0 Å². The second kappa shape index (κ2) is 5.32. The zero-order valence-electron chi connectivity index (χ0n) is 11.7. The van der Waals surface area contributed by atoms with Crippen LogP contribution in [-0.2, 0) is 9.47 Å². The summed E-state index contributed by atoms with van der Waals surface area (Å²) in [6.07, 6.45) is 9.68. The number of nitrogens with zero attached hydrogens (tertiary/aromatic N) is 1. The van der Waals surface area contributed by atoms with Crippen molar-refractivity contribution >= 4 is 0 Å². The molecular formula is C15H26N2O2. The van der Waals surface area contributed by atoms with Gasteiger partial charge in [-0.3, -0.25) is 4.90 Å². The average Bonchev–Trinajstić information content (AvgIpc) is 3.04. The number of fused-ring (bicyclic) bond motifs is 2. The fourth-order valence-electron chi connectivity index (χ4n) is 3.79. The van der Waals surface area contributed by atoms with E-state index >= 15 is 0 Å². The number of rotatable bonds is 5. The van der Waals surface area contributed by atoms with Crippen molar-refractivity contribution in [1.29, 1.82) is 0 Å². The third-order valence-corrected chi connectivity index (χ3v) is 4.99. The Labute approximate surface area is 115 Å². The topological polar surface area (TPSA) is 33.7 Å². The molecule has 0 spiro atoms. The lowest BCUT2D eigenvalue weighted by Gasteiger charge is -2.33. The summed E-state index contributed by atoms with van der Waals surface area (Å²) in [6.45, 7) is 4.44. The molecule has 2 bridgehead atoms. The fraction of sp³-hybridized carbons (Fsp3) is 1.00. The highest BCUT2D eigenvalue weighted by atomic mass is 16.5. The van der Waals surface area contributed by atoms with Crippen LogP contribution in [0.2, 0.25) is 0 Å². The minimum Gasteiger partial charge on any atom is -0.372 e. The van der Waals surface area contributed by atoms with Gasteiger partial charge in [0.1, 0.15) is 0 Å². The Kier molecular flexibility index (Phi) is 3.52. The summed E-state index contributed by atoms with van der Waals surface area (Å²) < 4.78 is 12.1. The van der Waals surface area contributed by atoms with E-state index in [1.54, 1.807) is 0 Å². The fourth-order valence-corrected chi connectivity index (χ4v) is 3.79. The highest BCUT2D eigenvalue weighted by molar-refractivity contribution is 4.88. The normalized spacial score (nSPS) is 42.9. The van der Waals surface area contributed by atoms with Crippen LogP contribution in [0.15, 0.2) is 0 Å². The number of hydrogen-bond donors (Lipinski definition) is 1. The van der Waals surface area contributed by atoms with Gasteiger partial charge in [-0.1, -0.05) is 0 Å². The number of morpholine rings is 1. The summed E-state index contributed by atoms with van der Waals surface area (Å²) in [7, 11) is 0. The zero-order valence-corrected chi connectivity index (χ0v) is 11.7. The summed E-state index contributed by atoms with van der Waals surface area (Å²) in [4.78, 5) is 2.58. The summed E-state index contributed by atoms with van der Waals surface area (Å²) >= 11 is 0. The maximum Gasteiger partial charge on any atom is 0.0707 e. The van der Waals surface area contributed by atoms with E-state index in [2.05, 4.69) is 10.2 Å². The van der Waals surface area contributed by atoms with Gasteiger partial charge in [-0.15, -0.1) is 0 Å². The van der Waals surface area contributed by atoms with Crippen molar-refractivity contribution in [2.45, 2.75) is 69.0 Å². The molecule has 4 aliphatic rings. The van der Waals surface area contributed by atoms with Gasteiger partial charge in [0.05, 0.1) is 24.4 Å². The van der Waals surface area contributed by atoms with Crippen LogP contribution in [0.25, 0.3) is 0 Å². The summed E-state index contributed by atoms with van der Waals surface area (Å²) in [5.41, 5.74) is 0. The van der Waals surface area contributed by atoms with Crippen LogP contribution < -0.4 is 5.32 Å². The molecule has 1 saturated carbocycles.